The van der Waals surface area contributed by atoms with Crippen LogP contribution in [-0.4, -0.2) is 0 Å². The summed E-state index contributed by atoms with van der Waals surface area (Å²) in [5.74, 6) is 0. The van der Waals surface area contributed by atoms with Gasteiger partial charge in [-0.1, -0.05) is 134 Å². The minimum atomic E-state index is 0.895. The number of rotatable bonds is 5. The highest BCUT2D eigenvalue weighted by atomic mass is 16.3. The Bertz CT molecular complexity index is 2680. The Labute approximate surface area is 279 Å². The van der Waals surface area contributed by atoms with Crippen molar-refractivity contribution in [3.05, 3.63) is 175 Å². The summed E-state index contributed by atoms with van der Waals surface area (Å²) in [7, 11) is 0. The van der Waals surface area contributed by atoms with Crippen LogP contribution in [0.4, 0.5) is 0 Å². The molecule has 48 heavy (non-hydrogen) atoms. The molecule has 1 nitrogen and oxygen atoms in total. The molecule has 1 aromatic heterocycles. The van der Waals surface area contributed by atoms with Crippen LogP contribution in [0.5, 0.6) is 0 Å². The molecule has 9 rings (SSSR count). The highest BCUT2D eigenvalue weighted by Crippen LogP contribution is 2.47. The molecule has 0 amide bonds. The van der Waals surface area contributed by atoms with E-state index in [9.17, 15) is 0 Å². The molecule has 0 saturated carbocycles. The Hall–Kier alpha value is -6.18. The zero-order valence-corrected chi connectivity index (χ0v) is 26.7. The van der Waals surface area contributed by atoms with Crippen LogP contribution in [0.1, 0.15) is 11.1 Å². The second-order valence-electron chi connectivity index (χ2n) is 12.6. The number of aryl methyl sites for hydroxylation is 1. The van der Waals surface area contributed by atoms with E-state index in [1.807, 2.05) is 6.08 Å². The minimum Gasteiger partial charge on any atom is -0.456 e. The summed E-state index contributed by atoms with van der Waals surface area (Å²) >= 11 is 0. The van der Waals surface area contributed by atoms with E-state index in [2.05, 4.69) is 165 Å². The first kappa shape index (κ1) is 28.1. The SMILES string of the molecule is C=C/C=C\c1cc2oc3ccc(-c4c5ccccc5c(-c5cc(-c6ccccc6)cc6ccccc56)c5ccccc45)cc3c2cc1C. The van der Waals surface area contributed by atoms with Gasteiger partial charge < -0.3 is 4.42 Å². The molecule has 8 aromatic carbocycles. The molecule has 1 heterocycles. The van der Waals surface area contributed by atoms with Crippen LogP contribution in [-0.2, 0) is 0 Å². The third-order valence-corrected chi connectivity index (χ3v) is 9.73. The standard InChI is InChI=1S/C47H32O/c1-3-4-14-32-29-45-41(25-30(32)2)42-27-34(23-24-44(42)48-45)46-37-19-10-12-21-39(37)47(40-22-13-11-20-38(40)46)43-28-35(31-15-6-5-7-16-31)26-33-17-8-9-18-36(33)43/h3-29H,1H2,2H3/b14-4-. The minimum absolute atomic E-state index is 0.895. The van der Waals surface area contributed by atoms with E-state index >= 15 is 0 Å². The van der Waals surface area contributed by atoms with Gasteiger partial charge in [0.05, 0.1) is 0 Å². The molecule has 0 aliphatic carbocycles. The molecule has 0 aliphatic rings. The molecule has 0 fully saturated rings. The van der Waals surface area contributed by atoms with Crippen molar-refractivity contribution in [1.29, 1.82) is 0 Å². The highest BCUT2D eigenvalue weighted by molar-refractivity contribution is 6.24. The summed E-state index contributed by atoms with van der Waals surface area (Å²) in [5.41, 5.74) is 11.5. The van der Waals surface area contributed by atoms with E-state index in [0.717, 1.165) is 27.5 Å². The van der Waals surface area contributed by atoms with E-state index in [1.54, 1.807) is 6.08 Å². The fraction of sp³-hybridized carbons (Fsp3) is 0.0213. The normalized spacial score (nSPS) is 11.9. The Morgan fingerprint density at radius 2 is 1.10 bits per heavy atom. The Morgan fingerprint density at radius 1 is 0.479 bits per heavy atom. The monoisotopic (exact) mass is 612 g/mol. The first-order valence-electron chi connectivity index (χ1n) is 16.5. The van der Waals surface area contributed by atoms with Gasteiger partial charge in [-0.25, -0.2) is 0 Å². The summed E-state index contributed by atoms with van der Waals surface area (Å²) in [6, 6.07) is 53.0. The summed E-state index contributed by atoms with van der Waals surface area (Å²) in [4.78, 5) is 0. The van der Waals surface area contributed by atoms with Gasteiger partial charge in [0, 0.05) is 10.8 Å². The smallest absolute Gasteiger partial charge is 0.136 e. The van der Waals surface area contributed by atoms with E-state index < -0.39 is 0 Å². The number of hydrogen-bond acceptors (Lipinski definition) is 1. The number of benzene rings is 8. The van der Waals surface area contributed by atoms with Crippen molar-refractivity contribution >= 4 is 60.3 Å². The van der Waals surface area contributed by atoms with Gasteiger partial charge in [-0.15, -0.1) is 0 Å². The maximum atomic E-state index is 6.40. The number of fused-ring (bicyclic) bond motifs is 6. The lowest BCUT2D eigenvalue weighted by Crippen LogP contribution is -1.92. The molecular formula is C47H32O. The molecule has 226 valence electrons. The second-order valence-corrected chi connectivity index (χ2v) is 12.6. The van der Waals surface area contributed by atoms with Crippen LogP contribution in [0.2, 0.25) is 0 Å². The Morgan fingerprint density at radius 3 is 1.81 bits per heavy atom. The van der Waals surface area contributed by atoms with Crippen molar-refractivity contribution in [2.45, 2.75) is 6.92 Å². The highest BCUT2D eigenvalue weighted by Gasteiger charge is 2.20. The van der Waals surface area contributed by atoms with Crippen LogP contribution >= 0.6 is 0 Å². The molecule has 0 atom stereocenters. The van der Waals surface area contributed by atoms with Crippen molar-refractivity contribution in [1.82, 2.24) is 0 Å². The first-order chi connectivity index (χ1) is 23.7. The van der Waals surface area contributed by atoms with Crippen LogP contribution in [0.3, 0.4) is 0 Å². The number of furan rings is 1. The lowest BCUT2D eigenvalue weighted by atomic mass is 9.83. The van der Waals surface area contributed by atoms with Gasteiger partial charge in [-0.3, -0.25) is 0 Å². The van der Waals surface area contributed by atoms with E-state index in [1.165, 1.54) is 71.3 Å². The van der Waals surface area contributed by atoms with Crippen molar-refractivity contribution in [3.8, 4) is 33.4 Å². The molecule has 1 heteroatoms. The molecule has 0 N–H and O–H groups in total. The van der Waals surface area contributed by atoms with Crippen molar-refractivity contribution in [2.24, 2.45) is 0 Å². The maximum Gasteiger partial charge on any atom is 0.136 e. The molecular weight excluding hydrogens is 581 g/mol. The van der Waals surface area contributed by atoms with Crippen LogP contribution in [0.15, 0.2) is 169 Å². The maximum absolute atomic E-state index is 6.40. The Balaban J connectivity index is 1.34. The lowest BCUT2D eigenvalue weighted by molar-refractivity contribution is 0.669. The molecule has 0 saturated heterocycles. The molecule has 0 aliphatic heterocycles. The first-order valence-corrected chi connectivity index (χ1v) is 16.5. The zero-order valence-electron chi connectivity index (χ0n) is 26.7. The van der Waals surface area contributed by atoms with Crippen LogP contribution in [0, 0.1) is 6.92 Å². The van der Waals surface area contributed by atoms with Gasteiger partial charge in [-0.05, 0) is 120 Å². The van der Waals surface area contributed by atoms with Crippen molar-refractivity contribution in [3.63, 3.8) is 0 Å². The lowest BCUT2D eigenvalue weighted by Gasteiger charge is -2.19. The predicted molar refractivity (Wildman–Crippen MR) is 207 cm³/mol. The third kappa shape index (κ3) is 4.47. The molecule has 0 radical (unpaired) electrons. The average Bonchev–Trinajstić information content (AvgIpc) is 3.49. The fourth-order valence-electron chi connectivity index (χ4n) is 7.50. The summed E-state index contributed by atoms with van der Waals surface area (Å²) in [6.45, 7) is 5.98. The van der Waals surface area contributed by atoms with Gasteiger partial charge in [0.1, 0.15) is 11.2 Å². The summed E-state index contributed by atoms with van der Waals surface area (Å²) in [5, 5.41) is 9.71. The summed E-state index contributed by atoms with van der Waals surface area (Å²) < 4.78 is 6.40. The van der Waals surface area contributed by atoms with Crippen LogP contribution in [0.25, 0.3) is 93.7 Å². The van der Waals surface area contributed by atoms with Gasteiger partial charge in [0.25, 0.3) is 0 Å². The average molecular weight is 613 g/mol. The number of hydrogen-bond donors (Lipinski definition) is 0. The van der Waals surface area contributed by atoms with Crippen molar-refractivity contribution in [2.75, 3.05) is 0 Å². The zero-order chi connectivity index (χ0) is 32.2. The van der Waals surface area contributed by atoms with E-state index in [4.69, 9.17) is 4.42 Å². The van der Waals surface area contributed by atoms with Gasteiger partial charge in [0.15, 0.2) is 0 Å². The molecule has 0 unspecified atom stereocenters. The largest absolute Gasteiger partial charge is 0.456 e. The quantitative estimate of drug-likeness (QED) is 0.139. The topological polar surface area (TPSA) is 13.1 Å². The fourth-order valence-corrected chi connectivity index (χ4v) is 7.50. The van der Waals surface area contributed by atoms with E-state index in [-0.39, 0.29) is 0 Å². The second kappa shape index (κ2) is 11.3. The summed E-state index contributed by atoms with van der Waals surface area (Å²) in [6.07, 6.45) is 5.85. The van der Waals surface area contributed by atoms with E-state index in [0.29, 0.717) is 0 Å². The van der Waals surface area contributed by atoms with Gasteiger partial charge >= 0.3 is 0 Å². The molecule has 0 bridgehead atoms. The number of allylic oxidation sites excluding steroid dienone is 2. The van der Waals surface area contributed by atoms with Gasteiger partial charge in [0.2, 0.25) is 0 Å². The van der Waals surface area contributed by atoms with Crippen molar-refractivity contribution < 1.29 is 4.42 Å². The Kier molecular flexibility index (Phi) is 6.59. The molecule has 0 spiro atoms. The molecule has 9 aromatic rings. The third-order valence-electron chi connectivity index (χ3n) is 9.73. The predicted octanol–water partition coefficient (Wildman–Crippen LogP) is 13.6. The van der Waals surface area contributed by atoms with Gasteiger partial charge in [-0.2, -0.15) is 0 Å². The van der Waals surface area contributed by atoms with Crippen LogP contribution < -0.4 is 0 Å².